The Labute approximate surface area is 230 Å². The number of allylic oxidation sites excluding steroid dienone is 1. The van der Waals surface area contributed by atoms with Crippen molar-refractivity contribution >= 4 is 29.1 Å². The fourth-order valence-corrected chi connectivity index (χ4v) is 5.16. The minimum atomic E-state index is -0.0781. The van der Waals surface area contributed by atoms with Crippen LogP contribution in [0.3, 0.4) is 0 Å². The number of hydrogen-bond donors (Lipinski definition) is 2. The molecule has 1 aromatic heterocycles. The van der Waals surface area contributed by atoms with Gasteiger partial charge in [-0.2, -0.15) is 5.10 Å². The molecule has 204 valence electrons. The monoisotopic (exact) mass is 527 g/mol. The van der Waals surface area contributed by atoms with Gasteiger partial charge in [-0.3, -0.25) is 14.4 Å². The Hall–Kier alpha value is -4.11. The van der Waals surface area contributed by atoms with E-state index in [-0.39, 0.29) is 11.9 Å². The highest BCUT2D eigenvalue weighted by molar-refractivity contribution is 6.08. The summed E-state index contributed by atoms with van der Waals surface area (Å²) in [5, 5.41) is 10.9. The molecule has 0 aliphatic carbocycles. The summed E-state index contributed by atoms with van der Waals surface area (Å²) in [6.45, 7) is 11.2. The van der Waals surface area contributed by atoms with Crippen LogP contribution in [0.5, 0.6) is 0 Å². The largest absolute Gasteiger partial charge is 0.338 e. The minimum Gasteiger partial charge on any atom is -0.338 e. The van der Waals surface area contributed by atoms with E-state index in [2.05, 4.69) is 40.6 Å². The van der Waals surface area contributed by atoms with E-state index < -0.39 is 0 Å². The lowest BCUT2D eigenvalue weighted by Crippen LogP contribution is -2.51. The van der Waals surface area contributed by atoms with Gasteiger partial charge in [-0.25, -0.2) is 4.79 Å². The van der Waals surface area contributed by atoms with Crippen molar-refractivity contribution < 1.29 is 9.59 Å². The lowest BCUT2D eigenvalue weighted by Gasteiger charge is -2.34. The van der Waals surface area contributed by atoms with Crippen molar-refractivity contribution in [2.24, 2.45) is 7.05 Å². The summed E-state index contributed by atoms with van der Waals surface area (Å²) in [5.41, 5.74) is 6.57. The first-order chi connectivity index (χ1) is 18.8. The Balaban J connectivity index is 1.24. The number of aromatic nitrogens is 2. The quantitative estimate of drug-likeness (QED) is 0.480. The maximum Gasteiger partial charge on any atom is 0.317 e. The second-order valence-electron chi connectivity index (χ2n) is 10.4. The Bertz CT molecular complexity index is 1400. The van der Waals surface area contributed by atoms with Crippen molar-refractivity contribution in [1.29, 1.82) is 0 Å². The molecule has 2 aliphatic heterocycles. The molecule has 3 aromatic rings. The lowest BCUT2D eigenvalue weighted by atomic mass is 10.0. The van der Waals surface area contributed by atoms with Crippen LogP contribution in [0.15, 0.2) is 60.3 Å². The van der Waals surface area contributed by atoms with Crippen molar-refractivity contribution in [3.8, 4) is 0 Å². The zero-order valence-corrected chi connectivity index (χ0v) is 23.2. The van der Waals surface area contributed by atoms with Gasteiger partial charge >= 0.3 is 6.03 Å². The average molecular weight is 528 g/mol. The molecule has 3 amide bonds. The molecular formula is C30H37N7O2. The van der Waals surface area contributed by atoms with Crippen molar-refractivity contribution in [2.75, 3.05) is 42.9 Å². The molecule has 5 rings (SSSR count). The van der Waals surface area contributed by atoms with Gasteiger partial charge in [0.15, 0.2) is 0 Å². The molecule has 1 saturated heterocycles. The molecule has 3 heterocycles. The molecule has 9 nitrogen and oxygen atoms in total. The van der Waals surface area contributed by atoms with Crippen LogP contribution < -0.4 is 15.5 Å². The fraction of sp³-hybridized carbons (Fsp3) is 0.367. The number of hydrogen-bond acceptors (Lipinski definition) is 5. The van der Waals surface area contributed by atoms with E-state index in [0.717, 1.165) is 66.6 Å². The molecule has 1 fully saturated rings. The maximum atomic E-state index is 13.8. The molecule has 0 unspecified atom stereocenters. The number of piperazine rings is 1. The summed E-state index contributed by atoms with van der Waals surface area (Å²) in [6.07, 6.45) is 3.94. The number of aryl methyl sites for hydroxylation is 2. The highest BCUT2D eigenvalue weighted by Gasteiger charge is 2.27. The lowest BCUT2D eigenvalue weighted by molar-refractivity contribution is 0.0985. The number of carbonyl (C=O) groups excluding carboxylic acids is 2. The summed E-state index contributed by atoms with van der Waals surface area (Å²) in [7, 11) is 1.89. The average Bonchev–Trinajstić information content (AvgIpc) is 3.19. The van der Waals surface area contributed by atoms with E-state index in [1.807, 2.05) is 61.3 Å². The summed E-state index contributed by atoms with van der Waals surface area (Å²) in [6, 6.07) is 13.5. The molecule has 9 heteroatoms. The SMILES string of the molecule is CC=C(C)CN1CCN(C(=O)NCc2ccc(C(=O)N3Cc4cnn(C)c4Nc4ccccc43)cc2C)CC1. The third-order valence-electron chi connectivity index (χ3n) is 7.68. The van der Waals surface area contributed by atoms with Crippen LogP contribution in [0.4, 0.5) is 22.0 Å². The Morgan fingerprint density at radius 1 is 1.10 bits per heavy atom. The Morgan fingerprint density at radius 2 is 1.87 bits per heavy atom. The number of fused-ring (bicyclic) bond motifs is 2. The number of anilines is 3. The summed E-state index contributed by atoms with van der Waals surface area (Å²) in [5.74, 6) is 0.806. The first kappa shape index (κ1) is 26.5. The first-order valence-corrected chi connectivity index (χ1v) is 13.5. The third-order valence-corrected chi connectivity index (χ3v) is 7.68. The van der Waals surface area contributed by atoms with Gasteiger partial charge in [-0.1, -0.05) is 29.8 Å². The standard InChI is InChI=1S/C30H37N7O2/c1-5-21(2)19-35-12-14-36(15-13-35)30(39)31-17-24-11-10-23(16-22(24)3)29(38)37-20-25-18-32-34(4)28(25)33-26-8-6-7-9-27(26)37/h5-11,16,18,33H,12-15,17,19-20H2,1-4H3,(H,31,39). The number of nitrogens with one attached hydrogen (secondary N) is 2. The predicted molar refractivity (Wildman–Crippen MR) is 154 cm³/mol. The second kappa shape index (κ2) is 11.3. The Kier molecular flexibility index (Phi) is 7.70. The molecule has 0 atom stereocenters. The number of nitrogens with zero attached hydrogens (tertiary/aromatic N) is 5. The van der Waals surface area contributed by atoms with Crippen LogP contribution in [0.2, 0.25) is 0 Å². The second-order valence-corrected chi connectivity index (χ2v) is 10.4. The third kappa shape index (κ3) is 5.68. The van der Waals surface area contributed by atoms with Crippen molar-refractivity contribution in [1.82, 2.24) is 24.9 Å². The van der Waals surface area contributed by atoms with Crippen molar-refractivity contribution in [2.45, 2.75) is 33.9 Å². The molecular weight excluding hydrogens is 490 g/mol. The van der Waals surface area contributed by atoms with E-state index in [9.17, 15) is 9.59 Å². The van der Waals surface area contributed by atoms with Gasteiger partial charge in [0.25, 0.3) is 5.91 Å². The molecule has 2 N–H and O–H groups in total. The van der Waals surface area contributed by atoms with E-state index in [0.29, 0.717) is 18.7 Å². The van der Waals surface area contributed by atoms with E-state index in [1.165, 1.54) is 5.57 Å². The fourth-order valence-electron chi connectivity index (χ4n) is 5.16. The van der Waals surface area contributed by atoms with Crippen molar-refractivity contribution in [3.05, 3.63) is 82.6 Å². The highest BCUT2D eigenvalue weighted by Crippen LogP contribution is 2.36. The van der Waals surface area contributed by atoms with E-state index in [1.54, 1.807) is 15.8 Å². The van der Waals surface area contributed by atoms with Crippen LogP contribution in [0.25, 0.3) is 0 Å². The molecule has 39 heavy (non-hydrogen) atoms. The topological polar surface area (TPSA) is 85.7 Å². The molecule has 0 saturated carbocycles. The number of rotatable bonds is 5. The molecule has 0 bridgehead atoms. The van der Waals surface area contributed by atoms with Crippen LogP contribution >= 0.6 is 0 Å². The highest BCUT2D eigenvalue weighted by atomic mass is 16.2. The summed E-state index contributed by atoms with van der Waals surface area (Å²) < 4.78 is 1.79. The Morgan fingerprint density at radius 3 is 2.62 bits per heavy atom. The van der Waals surface area contributed by atoms with Crippen LogP contribution in [0, 0.1) is 6.92 Å². The van der Waals surface area contributed by atoms with Gasteiger partial charge in [-0.15, -0.1) is 0 Å². The van der Waals surface area contributed by atoms with Crippen LogP contribution in [0.1, 0.15) is 40.9 Å². The number of benzene rings is 2. The number of urea groups is 1. The van der Waals surface area contributed by atoms with Gasteiger partial charge in [-0.05, 0) is 56.2 Å². The zero-order chi connectivity index (χ0) is 27.5. The summed E-state index contributed by atoms with van der Waals surface area (Å²) in [4.78, 5) is 32.6. The predicted octanol–water partition coefficient (Wildman–Crippen LogP) is 4.43. The van der Waals surface area contributed by atoms with Crippen LogP contribution in [-0.4, -0.2) is 64.2 Å². The van der Waals surface area contributed by atoms with Crippen LogP contribution in [-0.2, 0) is 20.1 Å². The van der Waals surface area contributed by atoms with Gasteiger partial charge in [0.05, 0.1) is 24.1 Å². The van der Waals surface area contributed by atoms with Gasteiger partial charge in [0.1, 0.15) is 5.82 Å². The number of carbonyl (C=O) groups is 2. The molecule has 2 aromatic carbocycles. The molecule has 0 radical (unpaired) electrons. The summed E-state index contributed by atoms with van der Waals surface area (Å²) >= 11 is 0. The van der Waals surface area contributed by atoms with E-state index >= 15 is 0 Å². The molecule has 2 aliphatic rings. The maximum absolute atomic E-state index is 13.8. The zero-order valence-electron chi connectivity index (χ0n) is 23.2. The smallest absolute Gasteiger partial charge is 0.317 e. The van der Waals surface area contributed by atoms with Crippen molar-refractivity contribution in [3.63, 3.8) is 0 Å². The van der Waals surface area contributed by atoms with Gasteiger partial charge in [0.2, 0.25) is 0 Å². The number of amides is 3. The normalized spacial score (nSPS) is 15.7. The first-order valence-electron chi connectivity index (χ1n) is 13.5. The van der Waals surface area contributed by atoms with E-state index in [4.69, 9.17) is 0 Å². The minimum absolute atomic E-state index is 0.0436. The molecule has 0 spiro atoms. The van der Waals surface area contributed by atoms with Gasteiger partial charge in [0, 0.05) is 57.4 Å². The van der Waals surface area contributed by atoms with Gasteiger partial charge < -0.3 is 20.4 Å². The number of para-hydroxylation sites is 2.